The Kier molecular flexibility index (Phi) is 3.72. The van der Waals surface area contributed by atoms with Gasteiger partial charge >= 0.3 is 5.97 Å². The first-order valence-corrected chi connectivity index (χ1v) is 4.93. The van der Waals surface area contributed by atoms with E-state index in [2.05, 4.69) is 0 Å². The zero-order valence-corrected chi connectivity index (χ0v) is 9.23. The minimum absolute atomic E-state index is 0.0795. The van der Waals surface area contributed by atoms with Crippen molar-refractivity contribution in [2.75, 3.05) is 7.11 Å². The van der Waals surface area contributed by atoms with Crippen molar-refractivity contribution in [2.24, 2.45) is 5.92 Å². The molecule has 0 saturated heterocycles. The molecule has 0 aliphatic heterocycles. The lowest BCUT2D eigenvalue weighted by Crippen LogP contribution is -2.17. The van der Waals surface area contributed by atoms with Crippen LogP contribution in [0.2, 0.25) is 0 Å². The van der Waals surface area contributed by atoms with Crippen LogP contribution in [0.15, 0.2) is 24.3 Å². The highest BCUT2D eigenvalue weighted by Crippen LogP contribution is 2.26. The molecule has 3 nitrogen and oxygen atoms in total. The van der Waals surface area contributed by atoms with E-state index in [4.69, 9.17) is 9.84 Å². The molecule has 82 valence electrons. The van der Waals surface area contributed by atoms with Crippen LogP contribution in [0.4, 0.5) is 0 Å². The first-order chi connectivity index (χ1) is 7.06. The maximum absolute atomic E-state index is 11.1. The van der Waals surface area contributed by atoms with Crippen molar-refractivity contribution in [1.82, 2.24) is 0 Å². The van der Waals surface area contributed by atoms with Gasteiger partial charge in [-0.3, -0.25) is 4.79 Å². The monoisotopic (exact) mass is 208 g/mol. The molecule has 3 heteroatoms. The lowest BCUT2D eigenvalue weighted by molar-refractivity contribution is -0.139. The van der Waals surface area contributed by atoms with Gasteiger partial charge in [0.05, 0.1) is 13.0 Å². The second-order valence-electron chi connectivity index (χ2n) is 3.83. The molecule has 15 heavy (non-hydrogen) atoms. The van der Waals surface area contributed by atoms with E-state index in [0.717, 1.165) is 11.3 Å². The Bertz CT molecular complexity index is 327. The van der Waals surface area contributed by atoms with Crippen LogP contribution in [-0.4, -0.2) is 18.2 Å². The molecule has 1 N–H and O–H groups in total. The topological polar surface area (TPSA) is 46.5 Å². The van der Waals surface area contributed by atoms with Gasteiger partial charge in [0, 0.05) is 0 Å². The molecule has 0 aliphatic carbocycles. The summed E-state index contributed by atoms with van der Waals surface area (Å²) in [5, 5.41) is 9.09. The van der Waals surface area contributed by atoms with Crippen LogP contribution in [0, 0.1) is 5.92 Å². The third-order valence-electron chi connectivity index (χ3n) is 2.41. The van der Waals surface area contributed by atoms with E-state index in [9.17, 15) is 4.79 Å². The molecule has 1 aromatic rings. The van der Waals surface area contributed by atoms with Crippen molar-refractivity contribution in [1.29, 1.82) is 0 Å². The number of carbonyl (C=O) groups is 1. The molecule has 0 fully saturated rings. The van der Waals surface area contributed by atoms with Gasteiger partial charge in [0.25, 0.3) is 0 Å². The number of hydrogen-bond donors (Lipinski definition) is 1. The third kappa shape index (κ3) is 2.72. The average molecular weight is 208 g/mol. The van der Waals surface area contributed by atoms with Crippen LogP contribution in [0.3, 0.4) is 0 Å². The summed E-state index contributed by atoms with van der Waals surface area (Å²) in [6.07, 6.45) is 0. The van der Waals surface area contributed by atoms with Crippen molar-refractivity contribution in [2.45, 2.75) is 19.8 Å². The number of benzene rings is 1. The molecule has 0 heterocycles. The van der Waals surface area contributed by atoms with Crippen LogP contribution in [0.25, 0.3) is 0 Å². The second-order valence-corrected chi connectivity index (χ2v) is 3.83. The minimum Gasteiger partial charge on any atom is -0.497 e. The first-order valence-electron chi connectivity index (χ1n) is 4.93. The third-order valence-corrected chi connectivity index (χ3v) is 2.41. The normalized spacial score (nSPS) is 12.5. The molecule has 1 atom stereocenters. The van der Waals surface area contributed by atoms with Crippen LogP contribution in [-0.2, 0) is 4.79 Å². The van der Waals surface area contributed by atoms with E-state index in [0.29, 0.717) is 0 Å². The molecule has 0 saturated carbocycles. The smallest absolute Gasteiger partial charge is 0.311 e. The van der Waals surface area contributed by atoms with Gasteiger partial charge in [-0.15, -0.1) is 0 Å². The van der Waals surface area contributed by atoms with Crippen LogP contribution in [0.1, 0.15) is 25.3 Å². The number of aliphatic carboxylic acids is 1. The zero-order chi connectivity index (χ0) is 11.4. The maximum Gasteiger partial charge on any atom is 0.311 e. The lowest BCUT2D eigenvalue weighted by atomic mass is 9.88. The Morgan fingerprint density at radius 2 is 1.80 bits per heavy atom. The largest absolute Gasteiger partial charge is 0.497 e. The Hall–Kier alpha value is -1.51. The van der Waals surface area contributed by atoms with Crippen LogP contribution in [0.5, 0.6) is 5.75 Å². The summed E-state index contributed by atoms with van der Waals surface area (Å²) in [6.45, 7) is 3.81. The van der Waals surface area contributed by atoms with Gasteiger partial charge in [0.2, 0.25) is 0 Å². The van der Waals surface area contributed by atoms with Crippen LogP contribution >= 0.6 is 0 Å². The molecule has 0 bridgehead atoms. The highest BCUT2D eigenvalue weighted by atomic mass is 16.5. The molecule has 1 rings (SSSR count). The number of hydrogen-bond acceptors (Lipinski definition) is 2. The summed E-state index contributed by atoms with van der Waals surface area (Å²) in [7, 11) is 1.59. The summed E-state index contributed by atoms with van der Waals surface area (Å²) in [5.74, 6) is -0.409. The fourth-order valence-corrected chi connectivity index (χ4v) is 1.62. The summed E-state index contributed by atoms with van der Waals surface area (Å²) >= 11 is 0. The van der Waals surface area contributed by atoms with Gasteiger partial charge in [-0.05, 0) is 23.6 Å². The van der Waals surface area contributed by atoms with E-state index in [1.165, 1.54) is 0 Å². The number of carboxylic acids is 1. The highest BCUT2D eigenvalue weighted by molar-refractivity contribution is 5.76. The number of methoxy groups -OCH3 is 1. The molecule has 0 amide bonds. The minimum atomic E-state index is -0.782. The molecule has 1 aromatic carbocycles. The Balaban J connectivity index is 2.97. The molecule has 0 radical (unpaired) electrons. The van der Waals surface area contributed by atoms with E-state index in [-0.39, 0.29) is 5.92 Å². The molecular weight excluding hydrogens is 192 g/mol. The second kappa shape index (κ2) is 4.82. The van der Waals surface area contributed by atoms with E-state index in [1.54, 1.807) is 31.4 Å². The standard InChI is InChI=1S/C12H16O3/c1-8(2)11(12(13)14)9-4-6-10(15-3)7-5-9/h4-8,11H,1-3H3,(H,13,14)/t11-/m0/s1. The van der Waals surface area contributed by atoms with Crippen molar-refractivity contribution in [3.63, 3.8) is 0 Å². The van der Waals surface area contributed by atoms with Gasteiger partial charge in [-0.2, -0.15) is 0 Å². The number of carboxylic acid groups (broad SMARTS) is 1. The number of ether oxygens (including phenoxy) is 1. The summed E-state index contributed by atoms with van der Waals surface area (Å²) in [4.78, 5) is 11.1. The molecule has 0 spiro atoms. The van der Waals surface area contributed by atoms with Gasteiger partial charge < -0.3 is 9.84 Å². The van der Waals surface area contributed by atoms with Gasteiger partial charge in [-0.25, -0.2) is 0 Å². The van der Waals surface area contributed by atoms with Gasteiger partial charge in [-0.1, -0.05) is 26.0 Å². The fraction of sp³-hybridized carbons (Fsp3) is 0.417. The van der Waals surface area contributed by atoms with Crippen molar-refractivity contribution in [3.05, 3.63) is 29.8 Å². The maximum atomic E-state index is 11.1. The first kappa shape index (κ1) is 11.6. The molecular formula is C12H16O3. The molecule has 0 aromatic heterocycles. The summed E-state index contributed by atoms with van der Waals surface area (Å²) in [5.41, 5.74) is 0.818. The predicted octanol–water partition coefficient (Wildman–Crippen LogP) is 2.52. The van der Waals surface area contributed by atoms with E-state index >= 15 is 0 Å². The van der Waals surface area contributed by atoms with Crippen molar-refractivity contribution < 1.29 is 14.6 Å². The lowest BCUT2D eigenvalue weighted by Gasteiger charge is -2.16. The van der Waals surface area contributed by atoms with E-state index < -0.39 is 11.9 Å². The van der Waals surface area contributed by atoms with Crippen LogP contribution < -0.4 is 4.74 Å². The molecule has 0 unspecified atom stereocenters. The van der Waals surface area contributed by atoms with Gasteiger partial charge in [0.1, 0.15) is 5.75 Å². The summed E-state index contributed by atoms with van der Waals surface area (Å²) < 4.78 is 5.02. The van der Waals surface area contributed by atoms with Crippen molar-refractivity contribution in [3.8, 4) is 5.75 Å². The quantitative estimate of drug-likeness (QED) is 0.827. The molecule has 0 aliphatic rings. The van der Waals surface area contributed by atoms with Gasteiger partial charge in [0.15, 0.2) is 0 Å². The predicted molar refractivity (Wildman–Crippen MR) is 58.2 cm³/mol. The Morgan fingerprint density at radius 3 is 2.13 bits per heavy atom. The Morgan fingerprint density at radius 1 is 1.27 bits per heavy atom. The van der Waals surface area contributed by atoms with E-state index in [1.807, 2.05) is 13.8 Å². The zero-order valence-electron chi connectivity index (χ0n) is 9.23. The average Bonchev–Trinajstić information content (AvgIpc) is 2.18. The summed E-state index contributed by atoms with van der Waals surface area (Å²) in [6, 6.07) is 7.18. The number of rotatable bonds is 4. The highest BCUT2D eigenvalue weighted by Gasteiger charge is 2.23. The SMILES string of the molecule is COc1ccc([C@@H](C(=O)O)C(C)C)cc1. The fourth-order valence-electron chi connectivity index (χ4n) is 1.62. The Labute approximate surface area is 89.7 Å². The van der Waals surface area contributed by atoms with Crippen molar-refractivity contribution >= 4 is 5.97 Å².